The van der Waals surface area contributed by atoms with Crippen molar-refractivity contribution in [1.29, 1.82) is 0 Å². The van der Waals surface area contributed by atoms with E-state index in [1.54, 1.807) is 4.57 Å². The number of nitrogens with zero attached hydrogens (tertiary/aromatic N) is 2. The van der Waals surface area contributed by atoms with E-state index in [0.29, 0.717) is 19.5 Å². The van der Waals surface area contributed by atoms with Gasteiger partial charge in [0.15, 0.2) is 5.03 Å². The smallest absolute Gasteiger partial charge is 0.259 e. The lowest BCUT2D eigenvalue weighted by Crippen LogP contribution is -2.33. The Labute approximate surface area is 113 Å². The number of nitrogens with one attached hydrogen (secondary N) is 1. The van der Waals surface area contributed by atoms with E-state index < -0.39 is 10.0 Å². The molecule has 19 heavy (non-hydrogen) atoms. The highest BCUT2D eigenvalue weighted by Crippen LogP contribution is 2.23. The van der Waals surface area contributed by atoms with Gasteiger partial charge in [0.05, 0.1) is 12.4 Å². The summed E-state index contributed by atoms with van der Waals surface area (Å²) < 4.78 is 28.4. The van der Waals surface area contributed by atoms with Crippen LogP contribution in [-0.2, 0) is 16.6 Å². The second-order valence-electron chi connectivity index (χ2n) is 5.08. The zero-order valence-corrected chi connectivity index (χ0v) is 11.9. The van der Waals surface area contributed by atoms with Gasteiger partial charge in [-0.05, 0) is 32.1 Å². The molecular formula is C12H21N3O3S. The van der Waals surface area contributed by atoms with E-state index in [9.17, 15) is 13.5 Å². The van der Waals surface area contributed by atoms with Gasteiger partial charge in [-0.2, -0.15) is 0 Å². The van der Waals surface area contributed by atoms with Crippen LogP contribution in [0.5, 0.6) is 0 Å². The number of aliphatic hydroxyl groups excluding tert-OH is 1. The number of hydrogen-bond acceptors (Lipinski definition) is 4. The third-order valence-electron chi connectivity index (χ3n) is 3.57. The van der Waals surface area contributed by atoms with Gasteiger partial charge in [0.25, 0.3) is 10.0 Å². The molecule has 1 aliphatic carbocycles. The molecule has 7 heteroatoms. The van der Waals surface area contributed by atoms with Crippen LogP contribution >= 0.6 is 0 Å². The molecule has 108 valence electrons. The molecular weight excluding hydrogens is 266 g/mol. The molecule has 6 nitrogen and oxygen atoms in total. The summed E-state index contributed by atoms with van der Waals surface area (Å²) in [6.07, 6.45) is 6.16. The molecule has 0 aliphatic heterocycles. The van der Waals surface area contributed by atoms with Crippen molar-refractivity contribution in [2.75, 3.05) is 6.54 Å². The van der Waals surface area contributed by atoms with Crippen LogP contribution in [0.25, 0.3) is 0 Å². The summed E-state index contributed by atoms with van der Waals surface area (Å²) in [5.74, 6) is 0.215. The molecule has 2 atom stereocenters. The molecule has 0 saturated heterocycles. The minimum atomic E-state index is -3.53. The van der Waals surface area contributed by atoms with E-state index in [2.05, 4.69) is 9.71 Å². The summed E-state index contributed by atoms with van der Waals surface area (Å²) in [5.41, 5.74) is 0. The van der Waals surface area contributed by atoms with E-state index in [4.69, 9.17) is 0 Å². The third kappa shape index (κ3) is 3.77. The molecule has 1 fully saturated rings. The first-order valence-electron chi connectivity index (χ1n) is 6.70. The van der Waals surface area contributed by atoms with Crippen LogP contribution < -0.4 is 4.72 Å². The largest absolute Gasteiger partial charge is 0.393 e. The third-order valence-corrected chi connectivity index (χ3v) is 4.88. The van der Waals surface area contributed by atoms with Gasteiger partial charge in [0.2, 0.25) is 0 Å². The van der Waals surface area contributed by atoms with Crippen molar-refractivity contribution < 1.29 is 13.5 Å². The average molecular weight is 287 g/mol. The van der Waals surface area contributed by atoms with Crippen molar-refractivity contribution >= 4 is 10.0 Å². The Bertz CT molecular complexity index is 512. The Balaban J connectivity index is 1.93. The molecule has 2 rings (SSSR count). The fraction of sp³-hybridized carbons (Fsp3) is 0.750. The maximum absolute atomic E-state index is 12.0. The SMILES string of the molecule is CCn1cnc(S(=O)(=O)NCC2CCCC(O)C2)c1. The molecule has 0 radical (unpaired) electrons. The maximum Gasteiger partial charge on any atom is 0.259 e. The van der Waals surface area contributed by atoms with Gasteiger partial charge in [-0.3, -0.25) is 0 Å². The molecule has 0 spiro atoms. The maximum atomic E-state index is 12.0. The van der Waals surface area contributed by atoms with Crippen molar-refractivity contribution in [3.8, 4) is 0 Å². The van der Waals surface area contributed by atoms with E-state index in [0.717, 1.165) is 19.3 Å². The number of sulfonamides is 1. The van der Waals surface area contributed by atoms with Gasteiger partial charge in [-0.1, -0.05) is 6.42 Å². The molecule has 2 unspecified atom stereocenters. The molecule has 1 aliphatic rings. The summed E-state index contributed by atoms with van der Waals surface area (Å²) in [4.78, 5) is 3.90. The van der Waals surface area contributed by atoms with Crippen molar-refractivity contribution in [3.05, 3.63) is 12.5 Å². The first-order chi connectivity index (χ1) is 9.01. The number of aromatic nitrogens is 2. The number of imidazole rings is 1. The summed E-state index contributed by atoms with van der Waals surface area (Å²) in [5, 5.41) is 9.63. The molecule has 0 amide bonds. The summed E-state index contributed by atoms with van der Waals surface area (Å²) in [6, 6.07) is 0. The molecule has 1 heterocycles. The molecule has 1 aromatic rings. The number of rotatable bonds is 5. The number of aryl methyl sites for hydroxylation is 1. The standard InChI is InChI=1S/C12H21N3O3S/c1-2-15-8-12(13-9-15)19(17,18)14-7-10-4-3-5-11(16)6-10/h8-11,14,16H,2-7H2,1H3. The van der Waals surface area contributed by atoms with E-state index in [1.165, 1.54) is 12.5 Å². The van der Waals surface area contributed by atoms with Crippen LogP contribution in [-0.4, -0.2) is 35.7 Å². The van der Waals surface area contributed by atoms with Crippen LogP contribution in [0, 0.1) is 5.92 Å². The summed E-state index contributed by atoms with van der Waals surface area (Å²) in [7, 11) is -3.53. The highest BCUT2D eigenvalue weighted by atomic mass is 32.2. The molecule has 1 saturated carbocycles. The van der Waals surface area contributed by atoms with Gasteiger partial charge in [0.1, 0.15) is 0 Å². The highest BCUT2D eigenvalue weighted by molar-refractivity contribution is 7.89. The average Bonchev–Trinajstić information content (AvgIpc) is 2.86. The Morgan fingerprint density at radius 1 is 1.53 bits per heavy atom. The van der Waals surface area contributed by atoms with Crippen LogP contribution in [0.2, 0.25) is 0 Å². The minimum absolute atomic E-state index is 0.0608. The van der Waals surface area contributed by atoms with Crippen LogP contribution in [0.4, 0.5) is 0 Å². The minimum Gasteiger partial charge on any atom is -0.393 e. The van der Waals surface area contributed by atoms with Gasteiger partial charge in [0, 0.05) is 19.3 Å². The summed E-state index contributed by atoms with van der Waals surface area (Å²) in [6.45, 7) is 2.99. The lowest BCUT2D eigenvalue weighted by molar-refractivity contribution is 0.102. The fourth-order valence-corrected chi connectivity index (χ4v) is 3.46. The first kappa shape index (κ1) is 14.5. The molecule has 0 bridgehead atoms. The lowest BCUT2D eigenvalue weighted by atomic mass is 9.87. The zero-order valence-electron chi connectivity index (χ0n) is 11.1. The topological polar surface area (TPSA) is 84.2 Å². The Hall–Kier alpha value is -0.920. The predicted octanol–water partition coefficient (Wildman–Crippen LogP) is 0.732. The second kappa shape index (κ2) is 6.02. The number of hydrogen-bond donors (Lipinski definition) is 2. The van der Waals surface area contributed by atoms with Crippen LogP contribution in [0.1, 0.15) is 32.6 Å². The van der Waals surface area contributed by atoms with E-state index in [1.807, 2.05) is 6.92 Å². The quantitative estimate of drug-likeness (QED) is 0.836. The number of aliphatic hydroxyl groups is 1. The Kier molecular flexibility index (Phi) is 4.59. The molecule has 0 aromatic carbocycles. The first-order valence-corrected chi connectivity index (χ1v) is 8.19. The van der Waals surface area contributed by atoms with Gasteiger partial charge >= 0.3 is 0 Å². The van der Waals surface area contributed by atoms with Gasteiger partial charge in [-0.25, -0.2) is 18.1 Å². The lowest BCUT2D eigenvalue weighted by Gasteiger charge is -2.25. The zero-order chi connectivity index (χ0) is 13.9. The van der Waals surface area contributed by atoms with Crippen LogP contribution in [0.15, 0.2) is 17.6 Å². The summed E-state index contributed by atoms with van der Waals surface area (Å²) >= 11 is 0. The monoisotopic (exact) mass is 287 g/mol. The van der Waals surface area contributed by atoms with Crippen LogP contribution in [0.3, 0.4) is 0 Å². The van der Waals surface area contributed by atoms with Gasteiger partial charge < -0.3 is 9.67 Å². The highest BCUT2D eigenvalue weighted by Gasteiger charge is 2.23. The second-order valence-corrected chi connectivity index (χ2v) is 6.79. The molecule has 1 aromatic heterocycles. The predicted molar refractivity (Wildman–Crippen MR) is 71.1 cm³/mol. The Morgan fingerprint density at radius 3 is 2.95 bits per heavy atom. The fourth-order valence-electron chi connectivity index (χ4n) is 2.40. The van der Waals surface area contributed by atoms with E-state index in [-0.39, 0.29) is 17.0 Å². The molecule has 2 N–H and O–H groups in total. The van der Waals surface area contributed by atoms with Gasteiger partial charge in [-0.15, -0.1) is 0 Å². The van der Waals surface area contributed by atoms with Crippen molar-refractivity contribution in [2.24, 2.45) is 5.92 Å². The van der Waals surface area contributed by atoms with Crippen molar-refractivity contribution in [3.63, 3.8) is 0 Å². The van der Waals surface area contributed by atoms with Crippen molar-refractivity contribution in [1.82, 2.24) is 14.3 Å². The van der Waals surface area contributed by atoms with E-state index >= 15 is 0 Å². The normalized spacial score (nSPS) is 24.5. The van der Waals surface area contributed by atoms with Crippen molar-refractivity contribution in [2.45, 2.75) is 50.3 Å². The Morgan fingerprint density at radius 2 is 2.32 bits per heavy atom.